The molecule has 1 nitrogen and oxygen atoms in total. The summed E-state index contributed by atoms with van der Waals surface area (Å²) in [5.74, 6) is -1.55. The van der Waals surface area contributed by atoms with Gasteiger partial charge in [-0.1, -0.05) is 6.92 Å². The molecule has 1 unspecified atom stereocenters. The van der Waals surface area contributed by atoms with Gasteiger partial charge < -0.3 is 5.32 Å². The van der Waals surface area contributed by atoms with Crippen molar-refractivity contribution < 1.29 is 8.78 Å². The molecule has 0 fully saturated rings. The van der Waals surface area contributed by atoms with Crippen LogP contribution in [0, 0.1) is 18.6 Å². The number of thiophene rings is 1. The molecule has 18 heavy (non-hydrogen) atoms. The van der Waals surface area contributed by atoms with Crippen molar-refractivity contribution in [1.82, 2.24) is 5.32 Å². The van der Waals surface area contributed by atoms with Crippen LogP contribution in [0.25, 0.3) is 10.1 Å². The van der Waals surface area contributed by atoms with Gasteiger partial charge in [0.1, 0.15) is 0 Å². The Bertz CT molecular complexity index is 562. The second-order valence-electron chi connectivity index (χ2n) is 4.53. The zero-order valence-corrected chi connectivity index (χ0v) is 11.6. The van der Waals surface area contributed by atoms with Crippen molar-refractivity contribution in [2.75, 3.05) is 6.54 Å². The maximum atomic E-state index is 13.3. The van der Waals surface area contributed by atoms with Crippen molar-refractivity contribution in [2.24, 2.45) is 0 Å². The van der Waals surface area contributed by atoms with Crippen LogP contribution < -0.4 is 5.32 Å². The van der Waals surface area contributed by atoms with E-state index in [4.69, 9.17) is 0 Å². The Balaban J connectivity index is 2.43. The highest BCUT2D eigenvalue weighted by atomic mass is 32.1. The summed E-state index contributed by atoms with van der Waals surface area (Å²) in [5.41, 5.74) is 1.05. The van der Waals surface area contributed by atoms with Gasteiger partial charge in [-0.3, -0.25) is 0 Å². The average molecular weight is 269 g/mol. The fourth-order valence-electron chi connectivity index (χ4n) is 2.10. The molecule has 1 aromatic heterocycles. The van der Waals surface area contributed by atoms with E-state index in [0.29, 0.717) is 0 Å². The molecule has 0 aliphatic carbocycles. The van der Waals surface area contributed by atoms with Gasteiger partial charge in [0, 0.05) is 15.6 Å². The fraction of sp³-hybridized carbons (Fsp3) is 0.429. The summed E-state index contributed by atoms with van der Waals surface area (Å²) in [5, 5.41) is 4.22. The van der Waals surface area contributed by atoms with E-state index in [1.54, 1.807) is 0 Å². The van der Waals surface area contributed by atoms with Crippen LogP contribution in [-0.2, 0) is 0 Å². The molecule has 2 aromatic rings. The zero-order valence-electron chi connectivity index (χ0n) is 10.8. The van der Waals surface area contributed by atoms with Crippen molar-refractivity contribution in [3.63, 3.8) is 0 Å². The Morgan fingerprint density at radius 2 is 1.94 bits per heavy atom. The zero-order chi connectivity index (χ0) is 13.3. The van der Waals surface area contributed by atoms with Gasteiger partial charge in [0.05, 0.1) is 0 Å². The molecule has 0 amide bonds. The van der Waals surface area contributed by atoms with Crippen LogP contribution in [0.15, 0.2) is 12.1 Å². The van der Waals surface area contributed by atoms with Gasteiger partial charge in [-0.05, 0) is 49.9 Å². The molecule has 1 heterocycles. The van der Waals surface area contributed by atoms with Crippen LogP contribution in [0.4, 0.5) is 8.78 Å². The lowest BCUT2D eigenvalue weighted by molar-refractivity contribution is 0.511. The molecular formula is C14H17F2NS. The lowest BCUT2D eigenvalue weighted by Crippen LogP contribution is -2.18. The van der Waals surface area contributed by atoms with Gasteiger partial charge in [-0.2, -0.15) is 0 Å². The summed E-state index contributed by atoms with van der Waals surface area (Å²) in [6.07, 6.45) is 1.07. The van der Waals surface area contributed by atoms with Gasteiger partial charge in [0.2, 0.25) is 0 Å². The Morgan fingerprint density at radius 3 is 2.61 bits per heavy atom. The molecular weight excluding hydrogens is 252 g/mol. The number of halogens is 2. The van der Waals surface area contributed by atoms with Crippen LogP contribution in [0.2, 0.25) is 0 Å². The summed E-state index contributed by atoms with van der Waals surface area (Å²) in [6.45, 7) is 7.11. The van der Waals surface area contributed by atoms with Crippen molar-refractivity contribution in [3.05, 3.63) is 34.2 Å². The third-order valence-electron chi connectivity index (χ3n) is 3.11. The number of rotatable bonds is 4. The van der Waals surface area contributed by atoms with Crippen LogP contribution in [0.1, 0.15) is 36.8 Å². The minimum Gasteiger partial charge on any atom is -0.309 e. The number of benzene rings is 1. The van der Waals surface area contributed by atoms with Crippen molar-refractivity contribution >= 4 is 21.4 Å². The summed E-state index contributed by atoms with van der Waals surface area (Å²) in [4.78, 5) is 1.16. The Hall–Kier alpha value is -1.00. The Kier molecular flexibility index (Phi) is 3.97. The monoisotopic (exact) mass is 269 g/mol. The number of hydrogen-bond acceptors (Lipinski definition) is 2. The summed E-state index contributed by atoms with van der Waals surface area (Å²) >= 11 is 1.54. The van der Waals surface area contributed by atoms with Gasteiger partial charge in [0.15, 0.2) is 11.6 Å². The first-order chi connectivity index (χ1) is 8.54. The average Bonchev–Trinajstić information content (AvgIpc) is 2.65. The lowest BCUT2D eigenvalue weighted by Gasteiger charge is -2.12. The molecule has 0 aliphatic heterocycles. The third-order valence-corrected chi connectivity index (χ3v) is 4.55. The number of hydrogen-bond donors (Lipinski definition) is 1. The largest absolute Gasteiger partial charge is 0.309 e. The highest BCUT2D eigenvalue weighted by Gasteiger charge is 2.16. The fourth-order valence-corrected chi connectivity index (χ4v) is 3.34. The van der Waals surface area contributed by atoms with Gasteiger partial charge in [0.25, 0.3) is 0 Å². The smallest absolute Gasteiger partial charge is 0.160 e. The number of fused-ring (bicyclic) bond motifs is 1. The SMILES string of the molecule is CCCNC(C)c1sc2cc(F)c(F)cc2c1C. The number of aryl methyl sites for hydroxylation is 1. The van der Waals surface area contributed by atoms with Crippen molar-refractivity contribution in [1.29, 1.82) is 0 Å². The van der Waals surface area contributed by atoms with Gasteiger partial charge >= 0.3 is 0 Å². The molecule has 4 heteroatoms. The first-order valence-corrected chi connectivity index (χ1v) is 6.97. The quantitative estimate of drug-likeness (QED) is 0.858. The van der Waals surface area contributed by atoms with Gasteiger partial charge in [-0.25, -0.2) is 8.78 Å². The summed E-state index contributed by atoms with van der Waals surface area (Å²) in [7, 11) is 0. The van der Waals surface area contributed by atoms with Crippen LogP contribution in [0.3, 0.4) is 0 Å². The molecule has 0 spiro atoms. The van der Waals surface area contributed by atoms with E-state index in [2.05, 4.69) is 19.2 Å². The van der Waals surface area contributed by atoms with Crippen molar-refractivity contribution in [3.8, 4) is 0 Å². The molecule has 0 bridgehead atoms. The minimum atomic E-state index is -0.774. The molecule has 1 atom stereocenters. The highest BCUT2D eigenvalue weighted by Crippen LogP contribution is 2.35. The minimum absolute atomic E-state index is 0.216. The first kappa shape index (κ1) is 13.4. The van der Waals surface area contributed by atoms with Gasteiger partial charge in [-0.15, -0.1) is 11.3 Å². The van der Waals surface area contributed by atoms with E-state index < -0.39 is 11.6 Å². The van der Waals surface area contributed by atoms with Crippen molar-refractivity contribution in [2.45, 2.75) is 33.2 Å². The maximum absolute atomic E-state index is 13.3. The molecule has 1 aromatic carbocycles. The van der Waals surface area contributed by atoms with Crippen LogP contribution >= 0.6 is 11.3 Å². The first-order valence-electron chi connectivity index (χ1n) is 6.16. The van der Waals surface area contributed by atoms with E-state index >= 15 is 0 Å². The maximum Gasteiger partial charge on any atom is 0.160 e. The Morgan fingerprint density at radius 1 is 1.28 bits per heavy atom. The highest BCUT2D eigenvalue weighted by molar-refractivity contribution is 7.19. The van der Waals surface area contributed by atoms with E-state index in [-0.39, 0.29) is 6.04 Å². The van der Waals surface area contributed by atoms with E-state index in [0.717, 1.165) is 33.5 Å². The van der Waals surface area contributed by atoms with E-state index in [1.807, 2.05) is 6.92 Å². The molecule has 0 saturated heterocycles. The second kappa shape index (κ2) is 5.33. The molecule has 1 N–H and O–H groups in total. The van der Waals surface area contributed by atoms with E-state index in [9.17, 15) is 8.78 Å². The summed E-state index contributed by atoms with van der Waals surface area (Å²) < 4.78 is 27.3. The molecule has 98 valence electrons. The topological polar surface area (TPSA) is 12.0 Å². The second-order valence-corrected chi connectivity index (χ2v) is 5.61. The third kappa shape index (κ3) is 2.40. The van der Waals surface area contributed by atoms with E-state index in [1.165, 1.54) is 23.5 Å². The van der Waals surface area contributed by atoms with Crippen LogP contribution in [0.5, 0.6) is 0 Å². The standard InChI is InChI=1S/C14H17F2NS/c1-4-5-17-9(3)14-8(2)10-6-11(15)12(16)7-13(10)18-14/h6-7,9,17H,4-5H2,1-3H3. The summed E-state index contributed by atoms with van der Waals surface area (Å²) in [6, 6.07) is 2.80. The predicted molar refractivity (Wildman–Crippen MR) is 73.2 cm³/mol. The Labute approximate surface area is 110 Å². The normalized spacial score (nSPS) is 13.2. The molecule has 0 saturated carbocycles. The molecule has 2 rings (SSSR count). The molecule has 0 aliphatic rings. The van der Waals surface area contributed by atoms with Crippen LogP contribution in [-0.4, -0.2) is 6.54 Å². The lowest BCUT2D eigenvalue weighted by atomic mass is 10.1. The predicted octanol–water partition coefficient (Wildman–Crippen LogP) is 4.55. The molecule has 0 radical (unpaired) electrons. The number of nitrogens with one attached hydrogen (secondary N) is 1.